The van der Waals surface area contributed by atoms with Gasteiger partial charge in [0.2, 0.25) is 0 Å². The molecule has 1 amide bonds. The monoisotopic (exact) mass is 417 g/mol. The molecular weight excluding hydrogens is 390 g/mol. The summed E-state index contributed by atoms with van der Waals surface area (Å²) in [5.41, 5.74) is 10.0. The Morgan fingerprint density at radius 1 is 1.23 bits per heavy atom. The first-order valence-corrected chi connectivity index (χ1v) is 10.7. The van der Waals surface area contributed by atoms with Crippen molar-refractivity contribution in [3.63, 3.8) is 0 Å². The third-order valence-corrected chi connectivity index (χ3v) is 5.59. The van der Waals surface area contributed by atoms with Crippen molar-refractivity contribution in [2.24, 2.45) is 5.73 Å². The van der Waals surface area contributed by atoms with Gasteiger partial charge in [-0.15, -0.1) is 0 Å². The first-order chi connectivity index (χ1) is 14.9. The fourth-order valence-electron chi connectivity index (χ4n) is 3.99. The predicted octanol–water partition coefficient (Wildman–Crippen LogP) is 3.09. The normalized spacial score (nSPS) is 18.7. The molecule has 8 nitrogen and oxygen atoms in total. The number of nitrogens with zero attached hydrogens (tertiary/aromatic N) is 4. The van der Waals surface area contributed by atoms with Crippen LogP contribution in [0.4, 0.5) is 5.69 Å². The van der Waals surface area contributed by atoms with Gasteiger partial charge in [-0.05, 0) is 63.8 Å². The summed E-state index contributed by atoms with van der Waals surface area (Å²) in [4.78, 5) is 17.6. The van der Waals surface area contributed by atoms with Gasteiger partial charge in [-0.2, -0.15) is 10.4 Å². The van der Waals surface area contributed by atoms with Crippen LogP contribution in [0.3, 0.4) is 0 Å². The standard InChI is InChI=1S/C23H27N7O/c1-14(2)28-20-10-21(22-8-7-18-9-15(11-24)12-27-30(18)22)26-13-19(20)23(31)29-17-5-3-16(25)4-6-17/h7-10,12-14,16-17H,3-6,25H2,1-2H3,(H,26,28)(H,29,31). The number of hydrogen-bond acceptors (Lipinski definition) is 6. The third-order valence-electron chi connectivity index (χ3n) is 5.59. The van der Waals surface area contributed by atoms with E-state index in [1.54, 1.807) is 16.8 Å². The molecule has 0 spiro atoms. The van der Waals surface area contributed by atoms with Gasteiger partial charge >= 0.3 is 0 Å². The third kappa shape index (κ3) is 4.52. The van der Waals surface area contributed by atoms with Crippen molar-refractivity contribution in [3.05, 3.63) is 47.8 Å². The molecule has 1 saturated carbocycles. The quantitative estimate of drug-likeness (QED) is 0.586. The lowest BCUT2D eigenvalue weighted by atomic mass is 9.91. The van der Waals surface area contributed by atoms with E-state index in [1.807, 2.05) is 32.0 Å². The molecule has 1 aliphatic rings. The van der Waals surface area contributed by atoms with E-state index < -0.39 is 0 Å². The zero-order chi connectivity index (χ0) is 22.0. The Labute approximate surface area is 181 Å². The zero-order valence-corrected chi connectivity index (χ0v) is 17.8. The van der Waals surface area contributed by atoms with Crippen molar-refractivity contribution in [2.75, 3.05) is 5.32 Å². The molecule has 0 aliphatic heterocycles. The maximum atomic E-state index is 13.0. The maximum absolute atomic E-state index is 13.0. The number of aromatic nitrogens is 3. The van der Waals surface area contributed by atoms with Crippen LogP contribution < -0.4 is 16.4 Å². The van der Waals surface area contributed by atoms with Crippen LogP contribution in [0.2, 0.25) is 0 Å². The second-order valence-corrected chi connectivity index (χ2v) is 8.41. The average Bonchev–Trinajstić information content (AvgIpc) is 3.18. The summed E-state index contributed by atoms with van der Waals surface area (Å²) < 4.78 is 1.74. The molecule has 0 aromatic carbocycles. The minimum absolute atomic E-state index is 0.125. The number of nitrogens with two attached hydrogens (primary N) is 1. The number of pyridine rings is 1. The Hall–Kier alpha value is -3.44. The van der Waals surface area contributed by atoms with Gasteiger partial charge in [0.05, 0.1) is 39.9 Å². The van der Waals surface area contributed by atoms with E-state index in [2.05, 4.69) is 26.8 Å². The highest BCUT2D eigenvalue weighted by Gasteiger charge is 2.23. The minimum Gasteiger partial charge on any atom is -0.382 e. The Morgan fingerprint density at radius 2 is 2.00 bits per heavy atom. The Morgan fingerprint density at radius 3 is 2.71 bits per heavy atom. The number of anilines is 1. The van der Waals surface area contributed by atoms with Crippen LogP contribution in [-0.4, -0.2) is 38.6 Å². The summed E-state index contributed by atoms with van der Waals surface area (Å²) in [6.45, 7) is 4.06. The Kier molecular flexibility index (Phi) is 5.87. The van der Waals surface area contributed by atoms with Gasteiger partial charge in [-0.1, -0.05) is 0 Å². The molecule has 31 heavy (non-hydrogen) atoms. The van der Waals surface area contributed by atoms with Crippen molar-refractivity contribution >= 4 is 17.1 Å². The van der Waals surface area contributed by atoms with Crippen molar-refractivity contribution in [3.8, 4) is 17.5 Å². The van der Waals surface area contributed by atoms with Gasteiger partial charge in [-0.25, -0.2) is 4.52 Å². The molecule has 3 aromatic rings. The van der Waals surface area contributed by atoms with E-state index in [1.165, 1.54) is 6.20 Å². The van der Waals surface area contributed by atoms with E-state index in [0.29, 0.717) is 16.8 Å². The van der Waals surface area contributed by atoms with Crippen LogP contribution in [0.25, 0.3) is 16.9 Å². The highest BCUT2D eigenvalue weighted by Crippen LogP contribution is 2.26. The molecule has 3 aromatic heterocycles. The summed E-state index contributed by atoms with van der Waals surface area (Å²) in [7, 11) is 0. The fourth-order valence-corrected chi connectivity index (χ4v) is 3.99. The van der Waals surface area contributed by atoms with Crippen LogP contribution in [-0.2, 0) is 0 Å². The van der Waals surface area contributed by atoms with Gasteiger partial charge in [0, 0.05) is 24.3 Å². The van der Waals surface area contributed by atoms with E-state index in [0.717, 1.165) is 42.6 Å². The molecule has 1 fully saturated rings. The number of carbonyl (C=O) groups is 1. The predicted molar refractivity (Wildman–Crippen MR) is 120 cm³/mol. The number of nitrogens with one attached hydrogen (secondary N) is 2. The van der Waals surface area contributed by atoms with Gasteiger partial charge in [0.25, 0.3) is 5.91 Å². The molecule has 3 heterocycles. The first kappa shape index (κ1) is 20.8. The van der Waals surface area contributed by atoms with Crippen LogP contribution in [0.1, 0.15) is 55.5 Å². The molecule has 4 rings (SSSR count). The molecule has 0 saturated heterocycles. The van der Waals surface area contributed by atoms with Gasteiger partial charge in [0.1, 0.15) is 6.07 Å². The SMILES string of the molecule is CC(C)Nc1cc(-c2ccc3cc(C#N)cnn23)ncc1C(=O)NC1CCC(N)CC1. The van der Waals surface area contributed by atoms with Crippen molar-refractivity contribution < 1.29 is 4.79 Å². The number of nitriles is 1. The number of carbonyl (C=O) groups excluding carboxylic acids is 1. The van der Waals surface area contributed by atoms with Gasteiger partial charge in [-0.3, -0.25) is 9.78 Å². The molecule has 0 radical (unpaired) electrons. The van der Waals surface area contributed by atoms with E-state index in [4.69, 9.17) is 11.0 Å². The van der Waals surface area contributed by atoms with E-state index in [-0.39, 0.29) is 24.0 Å². The smallest absolute Gasteiger partial charge is 0.255 e. The summed E-state index contributed by atoms with van der Waals surface area (Å²) in [5.74, 6) is -0.125. The summed E-state index contributed by atoms with van der Waals surface area (Å²) in [5, 5.41) is 20.0. The second kappa shape index (κ2) is 8.74. The molecule has 1 aliphatic carbocycles. The summed E-state index contributed by atoms with van der Waals surface area (Å²) in [6.07, 6.45) is 6.81. The average molecular weight is 418 g/mol. The number of amides is 1. The molecular formula is C23H27N7O. The van der Waals surface area contributed by atoms with E-state index in [9.17, 15) is 4.79 Å². The van der Waals surface area contributed by atoms with Gasteiger partial charge < -0.3 is 16.4 Å². The number of hydrogen-bond donors (Lipinski definition) is 3. The molecule has 0 atom stereocenters. The highest BCUT2D eigenvalue weighted by molar-refractivity contribution is 6.00. The van der Waals surface area contributed by atoms with Crippen LogP contribution in [0, 0.1) is 11.3 Å². The zero-order valence-electron chi connectivity index (χ0n) is 17.8. The van der Waals surface area contributed by atoms with Gasteiger partial charge in [0.15, 0.2) is 0 Å². The van der Waals surface area contributed by atoms with E-state index >= 15 is 0 Å². The van der Waals surface area contributed by atoms with Crippen LogP contribution in [0.15, 0.2) is 36.7 Å². The van der Waals surface area contributed by atoms with Crippen LogP contribution >= 0.6 is 0 Å². The number of fused-ring (bicyclic) bond motifs is 1. The molecule has 160 valence electrons. The first-order valence-electron chi connectivity index (χ1n) is 10.7. The Bertz CT molecular complexity index is 1140. The lowest BCUT2D eigenvalue weighted by Crippen LogP contribution is -2.40. The maximum Gasteiger partial charge on any atom is 0.255 e. The van der Waals surface area contributed by atoms with Crippen molar-refractivity contribution in [1.82, 2.24) is 19.9 Å². The minimum atomic E-state index is -0.125. The van der Waals surface area contributed by atoms with Crippen molar-refractivity contribution in [2.45, 2.75) is 57.7 Å². The summed E-state index contributed by atoms with van der Waals surface area (Å²) in [6, 6.07) is 10.1. The molecule has 0 unspecified atom stereocenters. The molecule has 8 heteroatoms. The summed E-state index contributed by atoms with van der Waals surface area (Å²) >= 11 is 0. The highest BCUT2D eigenvalue weighted by atomic mass is 16.1. The molecule has 4 N–H and O–H groups in total. The lowest BCUT2D eigenvalue weighted by Gasteiger charge is -2.27. The topological polar surface area (TPSA) is 121 Å². The van der Waals surface area contributed by atoms with Crippen LogP contribution in [0.5, 0.6) is 0 Å². The fraction of sp³-hybridized carbons (Fsp3) is 0.391. The second-order valence-electron chi connectivity index (χ2n) is 8.41. The van der Waals surface area contributed by atoms with Crippen molar-refractivity contribution in [1.29, 1.82) is 5.26 Å². The Balaban J connectivity index is 1.64. The number of rotatable bonds is 5. The largest absolute Gasteiger partial charge is 0.382 e. The lowest BCUT2D eigenvalue weighted by molar-refractivity contribution is 0.0926. The molecule has 0 bridgehead atoms.